The number of hydrogen-bond acceptors (Lipinski definition) is 8. The van der Waals surface area contributed by atoms with Crippen LogP contribution in [0.4, 0.5) is 11.5 Å². The van der Waals surface area contributed by atoms with E-state index in [9.17, 15) is 4.79 Å². The van der Waals surface area contributed by atoms with E-state index >= 15 is 0 Å². The SMILES string of the molecule is Cc1cc(NC(=O)c2sc3nc4c(c(-c5cccs5)c3c2N)CN(C)CC4)no1. The normalized spacial score (nSPS) is 14.3. The number of fused-ring (bicyclic) bond motifs is 2. The Balaban J connectivity index is 1.68. The van der Waals surface area contributed by atoms with Crippen LogP contribution in [0.15, 0.2) is 28.1 Å². The molecule has 0 saturated heterocycles. The van der Waals surface area contributed by atoms with E-state index in [-0.39, 0.29) is 5.91 Å². The van der Waals surface area contributed by atoms with Crippen LogP contribution in [-0.4, -0.2) is 34.5 Å². The van der Waals surface area contributed by atoms with Crippen LogP contribution >= 0.6 is 22.7 Å². The second-order valence-electron chi connectivity index (χ2n) is 7.18. The Morgan fingerprint density at radius 3 is 3.00 bits per heavy atom. The molecule has 0 aliphatic carbocycles. The number of hydrogen-bond donors (Lipinski definition) is 2. The summed E-state index contributed by atoms with van der Waals surface area (Å²) >= 11 is 3.00. The molecule has 148 valence electrons. The molecule has 1 aliphatic rings. The van der Waals surface area contributed by atoms with E-state index in [1.807, 2.05) is 6.07 Å². The van der Waals surface area contributed by atoms with Crippen molar-refractivity contribution in [3.05, 3.63) is 45.5 Å². The summed E-state index contributed by atoms with van der Waals surface area (Å²) in [7, 11) is 2.11. The van der Waals surface area contributed by atoms with Gasteiger partial charge in [0.1, 0.15) is 15.5 Å². The lowest BCUT2D eigenvalue weighted by atomic mass is 9.96. The summed E-state index contributed by atoms with van der Waals surface area (Å²) in [6.07, 6.45) is 0.887. The summed E-state index contributed by atoms with van der Waals surface area (Å²) in [5, 5.41) is 9.52. The number of thiophene rings is 2. The van der Waals surface area contributed by atoms with Gasteiger partial charge in [0.05, 0.1) is 5.69 Å². The maximum atomic E-state index is 12.9. The number of pyridine rings is 1. The largest absolute Gasteiger partial charge is 0.397 e. The van der Waals surface area contributed by atoms with E-state index < -0.39 is 0 Å². The average Bonchev–Trinajstić information content (AvgIpc) is 3.42. The number of carbonyl (C=O) groups is 1. The molecule has 0 aromatic carbocycles. The maximum absolute atomic E-state index is 12.9. The van der Waals surface area contributed by atoms with Crippen LogP contribution in [-0.2, 0) is 13.0 Å². The van der Waals surface area contributed by atoms with Crippen molar-refractivity contribution >= 4 is 50.3 Å². The van der Waals surface area contributed by atoms with E-state index in [1.54, 1.807) is 24.3 Å². The van der Waals surface area contributed by atoms with Crippen LogP contribution in [0.3, 0.4) is 0 Å². The highest BCUT2D eigenvalue weighted by Gasteiger charge is 2.27. The van der Waals surface area contributed by atoms with Crippen LogP contribution in [0, 0.1) is 6.92 Å². The third kappa shape index (κ3) is 3.11. The van der Waals surface area contributed by atoms with Gasteiger partial charge in [0.2, 0.25) is 0 Å². The van der Waals surface area contributed by atoms with E-state index in [0.717, 1.165) is 45.9 Å². The third-order valence-corrected chi connectivity index (χ3v) is 7.05. The van der Waals surface area contributed by atoms with Crippen LogP contribution in [0.2, 0.25) is 0 Å². The lowest BCUT2D eigenvalue weighted by Crippen LogP contribution is -2.27. The zero-order valence-corrected chi connectivity index (χ0v) is 17.6. The number of aromatic nitrogens is 2. The summed E-state index contributed by atoms with van der Waals surface area (Å²) in [6, 6.07) is 5.81. The molecule has 3 N–H and O–H groups in total. The van der Waals surface area contributed by atoms with Crippen molar-refractivity contribution in [3.8, 4) is 10.4 Å². The van der Waals surface area contributed by atoms with Gasteiger partial charge in [0.25, 0.3) is 5.91 Å². The third-order valence-electron chi connectivity index (χ3n) is 5.06. The van der Waals surface area contributed by atoms with Crippen molar-refractivity contribution in [2.75, 3.05) is 24.6 Å². The zero-order chi connectivity index (χ0) is 20.1. The van der Waals surface area contributed by atoms with Gasteiger partial charge in [-0.2, -0.15) is 0 Å². The Bertz CT molecular complexity index is 1230. The second-order valence-corrected chi connectivity index (χ2v) is 9.13. The molecule has 0 spiro atoms. The minimum Gasteiger partial charge on any atom is -0.397 e. The number of likely N-dealkylation sites (N-methyl/N-ethyl adjacent to an activating group) is 1. The standard InChI is InChI=1S/C20H19N5O2S2/c1-10-8-14(24-27-10)23-19(26)18-17(21)16-15(13-4-3-7-28-13)11-9-25(2)6-5-12(11)22-20(16)29-18/h3-4,7-8H,5-6,9,21H2,1-2H3,(H,23,24,26). The maximum Gasteiger partial charge on any atom is 0.269 e. The highest BCUT2D eigenvalue weighted by molar-refractivity contribution is 7.21. The molecule has 29 heavy (non-hydrogen) atoms. The Kier molecular flexibility index (Phi) is 4.38. The summed E-state index contributed by atoms with van der Waals surface area (Å²) in [6.45, 7) is 3.56. The average molecular weight is 426 g/mol. The minimum atomic E-state index is -0.300. The predicted octanol–water partition coefficient (Wildman–Crippen LogP) is 4.14. The van der Waals surface area contributed by atoms with Crippen molar-refractivity contribution < 1.29 is 9.32 Å². The first-order chi connectivity index (χ1) is 14.0. The molecule has 1 amide bonds. The number of anilines is 2. The molecular weight excluding hydrogens is 406 g/mol. The van der Waals surface area contributed by atoms with Crippen LogP contribution in [0.1, 0.15) is 26.7 Å². The quantitative estimate of drug-likeness (QED) is 0.512. The molecule has 4 aromatic rings. The first kappa shape index (κ1) is 18.3. The van der Waals surface area contributed by atoms with Crippen molar-refractivity contribution in [1.82, 2.24) is 15.0 Å². The minimum absolute atomic E-state index is 0.300. The summed E-state index contributed by atoms with van der Waals surface area (Å²) in [5.41, 5.74) is 10.4. The molecule has 1 aliphatic heterocycles. The van der Waals surface area contributed by atoms with Crippen molar-refractivity contribution in [2.45, 2.75) is 19.9 Å². The Morgan fingerprint density at radius 1 is 1.41 bits per heavy atom. The number of nitrogens with zero attached hydrogens (tertiary/aromatic N) is 3. The first-order valence-corrected chi connectivity index (χ1v) is 10.9. The summed E-state index contributed by atoms with van der Waals surface area (Å²) in [5.74, 6) is 0.700. The Labute approximate surface area is 175 Å². The lowest BCUT2D eigenvalue weighted by Gasteiger charge is -2.26. The van der Waals surface area contributed by atoms with E-state index in [1.165, 1.54) is 16.9 Å². The molecule has 4 aromatic heterocycles. The molecule has 9 heteroatoms. The van der Waals surface area contributed by atoms with Gasteiger partial charge in [-0.05, 0) is 31.0 Å². The number of aryl methyl sites for hydroxylation is 1. The van der Waals surface area contributed by atoms with Gasteiger partial charge in [-0.15, -0.1) is 22.7 Å². The van der Waals surface area contributed by atoms with Gasteiger partial charge >= 0.3 is 0 Å². The van der Waals surface area contributed by atoms with Gasteiger partial charge < -0.3 is 20.5 Å². The number of nitrogens with two attached hydrogens (primary N) is 1. The zero-order valence-electron chi connectivity index (χ0n) is 16.0. The van der Waals surface area contributed by atoms with E-state index in [2.05, 4.69) is 33.9 Å². The van der Waals surface area contributed by atoms with Crippen LogP contribution < -0.4 is 11.1 Å². The van der Waals surface area contributed by atoms with Gasteiger partial charge in [0, 0.05) is 47.1 Å². The van der Waals surface area contributed by atoms with Gasteiger partial charge in [-0.1, -0.05) is 11.2 Å². The molecule has 0 unspecified atom stereocenters. The first-order valence-electron chi connectivity index (χ1n) is 9.22. The molecule has 0 bridgehead atoms. The summed E-state index contributed by atoms with van der Waals surface area (Å²) in [4.78, 5) is 22.5. The molecule has 7 nitrogen and oxygen atoms in total. The predicted molar refractivity (Wildman–Crippen MR) is 117 cm³/mol. The summed E-state index contributed by atoms with van der Waals surface area (Å²) < 4.78 is 5.03. The fourth-order valence-electron chi connectivity index (χ4n) is 3.72. The van der Waals surface area contributed by atoms with Gasteiger partial charge in [-0.3, -0.25) is 4.79 Å². The van der Waals surface area contributed by atoms with Crippen molar-refractivity contribution in [2.24, 2.45) is 0 Å². The molecule has 5 heterocycles. The van der Waals surface area contributed by atoms with Crippen LogP contribution in [0.25, 0.3) is 20.7 Å². The van der Waals surface area contributed by atoms with E-state index in [4.69, 9.17) is 15.2 Å². The molecule has 0 fully saturated rings. The molecule has 0 saturated carbocycles. The van der Waals surface area contributed by atoms with Gasteiger partial charge in [0.15, 0.2) is 5.82 Å². The number of nitrogens with one attached hydrogen (secondary N) is 1. The molecule has 5 rings (SSSR count). The van der Waals surface area contributed by atoms with Gasteiger partial charge in [-0.25, -0.2) is 4.98 Å². The number of rotatable bonds is 3. The van der Waals surface area contributed by atoms with E-state index in [0.29, 0.717) is 22.1 Å². The highest BCUT2D eigenvalue weighted by atomic mass is 32.1. The smallest absolute Gasteiger partial charge is 0.269 e. The lowest BCUT2D eigenvalue weighted by molar-refractivity contribution is 0.103. The number of nitrogen functional groups attached to an aromatic ring is 1. The molecule has 0 radical (unpaired) electrons. The topological polar surface area (TPSA) is 97.3 Å². The van der Waals surface area contributed by atoms with Crippen molar-refractivity contribution in [1.29, 1.82) is 0 Å². The van der Waals surface area contributed by atoms with Crippen molar-refractivity contribution in [3.63, 3.8) is 0 Å². The Morgan fingerprint density at radius 2 is 2.28 bits per heavy atom. The highest BCUT2D eigenvalue weighted by Crippen LogP contribution is 2.44. The Hall–Kier alpha value is -2.75. The molecule has 0 atom stereocenters. The monoisotopic (exact) mass is 425 g/mol. The molecular formula is C20H19N5O2S2. The number of carbonyl (C=O) groups excluding carboxylic acids is 1. The van der Waals surface area contributed by atoms with Crippen LogP contribution in [0.5, 0.6) is 0 Å². The fraction of sp³-hybridized carbons (Fsp3) is 0.250. The fourth-order valence-corrected chi connectivity index (χ4v) is 5.54. The second kappa shape index (κ2) is 6.94. The number of amides is 1.